The van der Waals surface area contributed by atoms with Crippen molar-refractivity contribution in [1.82, 2.24) is 0 Å². The van der Waals surface area contributed by atoms with Gasteiger partial charge in [-0.3, -0.25) is 9.59 Å². The molecule has 8 aromatic rings. The maximum Gasteiger partial charge on any atom is 0.150 e. The van der Waals surface area contributed by atoms with Crippen LogP contribution in [0.15, 0.2) is 194 Å². The van der Waals surface area contributed by atoms with Crippen LogP contribution in [-0.2, 0) is 41.0 Å². The summed E-state index contributed by atoms with van der Waals surface area (Å²) >= 11 is 0. The number of aliphatic hydroxyl groups is 1. The lowest BCUT2D eigenvalue weighted by atomic mass is 9.69. The minimum absolute atomic E-state index is 0.0266. The minimum atomic E-state index is -0.915. The molecule has 80 heavy (non-hydrogen) atoms. The van der Waals surface area contributed by atoms with Gasteiger partial charge in [0.1, 0.15) is 55.6 Å². The number of carbonyl (C=O) groups excluding carboxylic acids is 2. The Labute approximate surface area is 469 Å². The fourth-order valence-corrected chi connectivity index (χ4v) is 12.6. The number of aldehydes is 2. The number of benzene rings is 8. The molecule has 7 atom stereocenters. The van der Waals surface area contributed by atoms with Crippen LogP contribution in [-0.4, -0.2) is 75.6 Å². The second-order valence-corrected chi connectivity index (χ2v) is 23.1. The average Bonchev–Trinajstić information content (AvgIpc) is 4.59. The van der Waals surface area contributed by atoms with Crippen molar-refractivity contribution in [2.24, 2.45) is 0 Å². The smallest absolute Gasteiger partial charge is 0.150 e. The van der Waals surface area contributed by atoms with E-state index < -0.39 is 28.1 Å². The van der Waals surface area contributed by atoms with Gasteiger partial charge < -0.3 is 33.5 Å². The first-order valence-corrected chi connectivity index (χ1v) is 28.0. The molecule has 2 aliphatic carbocycles. The second kappa shape index (κ2) is 21.9. The van der Waals surface area contributed by atoms with Gasteiger partial charge in [0.2, 0.25) is 0 Å². The molecule has 12 rings (SSSR count). The third-order valence-electron chi connectivity index (χ3n) is 17.3. The highest BCUT2D eigenvalue weighted by Gasteiger charge is 2.49. The van der Waals surface area contributed by atoms with Crippen LogP contribution in [0.4, 0.5) is 0 Å². The first-order chi connectivity index (χ1) is 38.9. The summed E-state index contributed by atoms with van der Waals surface area (Å²) in [6, 6.07) is 67.5. The quantitative estimate of drug-likeness (QED) is 0.0523. The van der Waals surface area contributed by atoms with E-state index >= 15 is 0 Å². The Hall–Kier alpha value is -7.50. The summed E-state index contributed by atoms with van der Waals surface area (Å²) in [7, 11) is 0. The van der Waals surface area contributed by atoms with Gasteiger partial charge in [-0.05, 0) is 144 Å². The van der Waals surface area contributed by atoms with E-state index in [1.54, 1.807) is 0 Å². The normalized spacial score (nSPS) is 22.2. The van der Waals surface area contributed by atoms with Gasteiger partial charge in [0.25, 0.3) is 0 Å². The van der Waals surface area contributed by atoms with Crippen molar-refractivity contribution in [2.75, 3.05) is 39.6 Å². The molecule has 406 valence electrons. The van der Waals surface area contributed by atoms with E-state index in [-0.39, 0.29) is 37.3 Å². The number of carbonyl (C=O) groups is 2. The summed E-state index contributed by atoms with van der Waals surface area (Å²) < 4.78 is 36.1. The SMILES string of the molecule is CC(C)(OCC(O)COc1ccc(C2(c3ccc(C(C)(C)OCC4CO4)cc3)CC(c3ccccc3)c3ccc(C=O)cc32)cc1)c1ccc(C2(c3ccc(OCC4CO4)cc3)CC(c3ccccc3)c3ccc(C=O)cc32)cc1. The van der Waals surface area contributed by atoms with Crippen LogP contribution in [0.3, 0.4) is 0 Å². The largest absolute Gasteiger partial charge is 0.491 e. The summed E-state index contributed by atoms with van der Waals surface area (Å²) in [5, 5.41) is 11.4. The van der Waals surface area contributed by atoms with Crippen molar-refractivity contribution in [3.63, 3.8) is 0 Å². The topological polar surface area (TPSA) is 116 Å². The molecule has 2 fully saturated rings. The third kappa shape index (κ3) is 10.5. The Kier molecular flexibility index (Phi) is 14.5. The van der Waals surface area contributed by atoms with Gasteiger partial charge in [0.15, 0.2) is 0 Å². The maximum atomic E-state index is 12.4. The Morgan fingerprint density at radius 1 is 0.500 bits per heavy atom. The van der Waals surface area contributed by atoms with Gasteiger partial charge >= 0.3 is 0 Å². The maximum absolute atomic E-state index is 12.4. The molecule has 7 unspecified atom stereocenters. The molecule has 0 saturated carbocycles. The highest BCUT2D eigenvalue weighted by Crippen LogP contribution is 2.58. The van der Waals surface area contributed by atoms with Gasteiger partial charge in [-0.15, -0.1) is 0 Å². The molecule has 0 amide bonds. The number of aliphatic hydroxyl groups excluding tert-OH is 1. The number of fused-ring (bicyclic) bond motifs is 2. The first kappa shape index (κ1) is 53.2. The number of hydrogen-bond donors (Lipinski definition) is 1. The molecule has 2 saturated heterocycles. The van der Waals surface area contributed by atoms with Crippen LogP contribution >= 0.6 is 0 Å². The summed E-state index contributed by atoms with van der Waals surface area (Å²) in [5.41, 5.74) is 12.3. The fraction of sp³-hybridized carbons (Fsp3) is 0.296. The molecule has 8 aromatic carbocycles. The lowest BCUT2D eigenvalue weighted by Gasteiger charge is -2.34. The molecule has 4 aliphatic rings. The molecule has 0 bridgehead atoms. The van der Waals surface area contributed by atoms with Crippen molar-refractivity contribution >= 4 is 12.6 Å². The third-order valence-corrected chi connectivity index (χ3v) is 17.3. The zero-order valence-electron chi connectivity index (χ0n) is 45.9. The molecule has 0 aromatic heterocycles. The monoisotopic (exact) mass is 1060 g/mol. The van der Waals surface area contributed by atoms with E-state index in [2.05, 4.69) is 159 Å². The van der Waals surface area contributed by atoms with Crippen LogP contribution in [0.1, 0.15) is 140 Å². The number of epoxide rings is 2. The minimum Gasteiger partial charge on any atom is -0.491 e. The van der Waals surface area contributed by atoms with Gasteiger partial charge in [0, 0.05) is 33.8 Å². The number of rotatable bonds is 22. The van der Waals surface area contributed by atoms with E-state index in [1.165, 1.54) is 22.3 Å². The molecular weight excluding hydrogens is 997 g/mol. The molecule has 9 nitrogen and oxygen atoms in total. The van der Waals surface area contributed by atoms with Crippen molar-refractivity contribution in [1.29, 1.82) is 0 Å². The Morgan fingerprint density at radius 3 is 1.32 bits per heavy atom. The van der Waals surface area contributed by atoms with Crippen LogP contribution in [0, 0.1) is 0 Å². The molecule has 0 spiro atoms. The summed E-state index contributed by atoms with van der Waals surface area (Å²) in [5.74, 6) is 1.59. The number of ether oxygens (including phenoxy) is 6. The van der Waals surface area contributed by atoms with E-state index in [9.17, 15) is 14.7 Å². The van der Waals surface area contributed by atoms with Crippen LogP contribution in [0.25, 0.3) is 0 Å². The molecule has 9 heteroatoms. The van der Waals surface area contributed by atoms with Gasteiger partial charge in [-0.2, -0.15) is 0 Å². The lowest BCUT2D eigenvalue weighted by Crippen LogP contribution is -2.31. The van der Waals surface area contributed by atoms with Gasteiger partial charge in [-0.1, -0.05) is 158 Å². The Balaban J connectivity index is 0.772. The zero-order valence-corrected chi connectivity index (χ0v) is 45.9. The molecule has 1 N–H and O–H groups in total. The second-order valence-electron chi connectivity index (χ2n) is 23.1. The van der Waals surface area contributed by atoms with Gasteiger partial charge in [-0.25, -0.2) is 0 Å². The zero-order chi connectivity index (χ0) is 55.1. The van der Waals surface area contributed by atoms with Crippen LogP contribution < -0.4 is 9.47 Å². The highest BCUT2D eigenvalue weighted by molar-refractivity contribution is 5.78. The van der Waals surface area contributed by atoms with E-state index in [4.69, 9.17) is 28.4 Å². The molecule has 2 aliphatic heterocycles. The fourth-order valence-electron chi connectivity index (χ4n) is 12.6. The van der Waals surface area contributed by atoms with Crippen molar-refractivity contribution in [3.05, 3.63) is 272 Å². The summed E-state index contributed by atoms with van der Waals surface area (Å²) in [6.45, 7) is 10.8. The Bertz CT molecular complexity index is 3460. The molecule has 0 radical (unpaired) electrons. The van der Waals surface area contributed by atoms with Crippen LogP contribution in [0.5, 0.6) is 11.5 Å². The first-order valence-electron chi connectivity index (χ1n) is 28.0. The van der Waals surface area contributed by atoms with Crippen molar-refractivity contribution < 1.29 is 43.1 Å². The van der Waals surface area contributed by atoms with Crippen LogP contribution in [0.2, 0.25) is 0 Å². The van der Waals surface area contributed by atoms with Crippen molar-refractivity contribution in [2.45, 2.75) is 92.7 Å². The van der Waals surface area contributed by atoms with E-state index in [0.717, 1.165) is 88.9 Å². The Morgan fingerprint density at radius 2 is 0.900 bits per heavy atom. The highest BCUT2D eigenvalue weighted by atomic mass is 16.6. The van der Waals surface area contributed by atoms with E-state index in [1.807, 2.05) is 62.4 Å². The molecule has 2 heterocycles. The standard InChI is InChI=1S/C71H68O9/c1-68(2,51-17-21-53(22-18-51)71(56-27-31-59(32-28-56)76-43-60-44-77-60)38-65(50-13-9-6-10-14-50)63-34-16-48(40-73)36-67(63)71)79-42-57(74)41-75-58-29-25-55(26-30-58)70(54-23-19-52(20-24-54)69(3,4)80-46-61-45-78-61)37-64(49-11-7-5-8-12-49)62-33-15-47(39-72)35-66(62)70/h5-36,39-40,57,60-61,64-65,74H,37-38,41-46H2,1-4H3. The van der Waals surface area contributed by atoms with Crippen molar-refractivity contribution in [3.8, 4) is 11.5 Å². The average molecular weight is 1070 g/mol. The predicted molar refractivity (Wildman–Crippen MR) is 309 cm³/mol. The lowest BCUT2D eigenvalue weighted by molar-refractivity contribution is -0.0717. The molecular formula is C71H68O9. The summed E-state index contributed by atoms with van der Waals surface area (Å²) in [6.07, 6.45) is 2.79. The van der Waals surface area contributed by atoms with E-state index in [0.29, 0.717) is 30.1 Å². The summed E-state index contributed by atoms with van der Waals surface area (Å²) in [4.78, 5) is 24.8. The van der Waals surface area contributed by atoms with Gasteiger partial charge in [0.05, 0.1) is 37.6 Å². The number of hydrogen-bond acceptors (Lipinski definition) is 9. The predicted octanol–water partition coefficient (Wildman–Crippen LogP) is 13.2.